The highest BCUT2D eigenvalue weighted by Crippen LogP contribution is 2.17. The molecular formula is C20H42O3S. The lowest BCUT2D eigenvalue weighted by atomic mass is 10.0. The molecule has 0 aromatic carbocycles. The monoisotopic (exact) mass is 362 g/mol. The van der Waals surface area contributed by atoms with Gasteiger partial charge < -0.3 is 0 Å². The van der Waals surface area contributed by atoms with Crippen molar-refractivity contribution < 1.29 is 13.0 Å². The molecular weight excluding hydrogens is 320 g/mol. The predicted octanol–water partition coefficient (Wildman–Crippen LogP) is 6.91. The molecule has 0 aliphatic rings. The van der Waals surface area contributed by atoms with Crippen LogP contribution in [0.2, 0.25) is 0 Å². The van der Waals surface area contributed by atoms with Crippen molar-refractivity contribution in [2.75, 3.05) is 0 Å². The largest absolute Gasteiger partial charge is 0.285 e. The second kappa shape index (κ2) is 16.4. The Bertz CT molecular complexity index is 352. The van der Waals surface area contributed by atoms with E-state index >= 15 is 0 Å². The Morgan fingerprint density at radius 2 is 0.958 bits per heavy atom. The van der Waals surface area contributed by atoms with Gasteiger partial charge in [-0.05, 0) is 12.8 Å². The maximum Gasteiger partial charge on any atom is 0.267 e. The summed E-state index contributed by atoms with van der Waals surface area (Å²) in [4.78, 5) is 0. The van der Waals surface area contributed by atoms with Crippen molar-refractivity contribution in [1.29, 1.82) is 0 Å². The molecule has 0 bridgehead atoms. The Balaban J connectivity index is 3.33. The van der Waals surface area contributed by atoms with Crippen molar-refractivity contribution in [1.82, 2.24) is 0 Å². The van der Waals surface area contributed by atoms with Crippen LogP contribution in [0.1, 0.15) is 123 Å². The summed E-state index contributed by atoms with van der Waals surface area (Å²) in [6.07, 6.45) is 20.2. The minimum Gasteiger partial charge on any atom is -0.285 e. The molecule has 0 saturated carbocycles. The van der Waals surface area contributed by atoms with Crippen LogP contribution < -0.4 is 0 Å². The number of rotatable bonds is 18. The van der Waals surface area contributed by atoms with Crippen LogP contribution in [0.5, 0.6) is 0 Å². The first-order valence-corrected chi connectivity index (χ1v) is 12.0. The first-order valence-electron chi connectivity index (χ1n) is 10.5. The minimum absolute atomic E-state index is 0.542. The van der Waals surface area contributed by atoms with E-state index in [0.29, 0.717) is 12.8 Å². The Morgan fingerprint density at radius 3 is 1.29 bits per heavy atom. The molecule has 0 spiro atoms. The van der Waals surface area contributed by atoms with Gasteiger partial charge in [-0.2, -0.15) is 8.42 Å². The van der Waals surface area contributed by atoms with Gasteiger partial charge in [0.25, 0.3) is 10.1 Å². The lowest BCUT2D eigenvalue weighted by Gasteiger charge is -2.12. The maximum absolute atomic E-state index is 11.2. The smallest absolute Gasteiger partial charge is 0.267 e. The van der Waals surface area contributed by atoms with Crippen LogP contribution in [0.3, 0.4) is 0 Å². The van der Waals surface area contributed by atoms with Crippen LogP contribution >= 0.6 is 0 Å². The van der Waals surface area contributed by atoms with E-state index in [4.69, 9.17) is 0 Å². The van der Waals surface area contributed by atoms with E-state index < -0.39 is 15.4 Å². The molecule has 0 rings (SSSR count). The zero-order valence-corrected chi connectivity index (χ0v) is 17.1. The molecule has 146 valence electrons. The van der Waals surface area contributed by atoms with Gasteiger partial charge in [0, 0.05) is 0 Å². The van der Waals surface area contributed by atoms with Crippen LogP contribution in [0, 0.1) is 0 Å². The van der Waals surface area contributed by atoms with E-state index in [0.717, 1.165) is 19.3 Å². The molecule has 0 saturated heterocycles. The predicted molar refractivity (Wildman–Crippen MR) is 105 cm³/mol. The van der Waals surface area contributed by atoms with Crippen LogP contribution in [0.25, 0.3) is 0 Å². The molecule has 1 atom stereocenters. The summed E-state index contributed by atoms with van der Waals surface area (Å²) in [6.45, 7) is 4.22. The first kappa shape index (κ1) is 23.9. The SMILES string of the molecule is CCCCCCCCCCCCCCCCC(CCC)S(=O)(=O)O. The molecule has 3 nitrogen and oxygen atoms in total. The van der Waals surface area contributed by atoms with Gasteiger partial charge in [-0.1, -0.05) is 110 Å². The van der Waals surface area contributed by atoms with E-state index in [1.54, 1.807) is 0 Å². The van der Waals surface area contributed by atoms with Crippen molar-refractivity contribution >= 4 is 10.1 Å². The van der Waals surface area contributed by atoms with Crippen molar-refractivity contribution in [3.05, 3.63) is 0 Å². The Labute approximate surface area is 151 Å². The third-order valence-electron chi connectivity index (χ3n) is 4.91. The quantitative estimate of drug-likeness (QED) is 0.213. The summed E-state index contributed by atoms with van der Waals surface area (Å²) < 4.78 is 31.7. The van der Waals surface area contributed by atoms with Crippen LogP contribution in [0.4, 0.5) is 0 Å². The molecule has 24 heavy (non-hydrogen) atoms. The van der Waals surface area contributed by atoms with E-state index in [1.165, 1.54) is 77.0 Å². The minimum atomic E-state index is -3.85. The van der Waals surface area contributed by atoms with Gasteiger partial charge in [-0.15, -0.1) is 0 Å². The average molecular weight is 363 g/mol. The van der Waals surface area contributed by atoms with Crippen LogP contribution in [-0.4, -0.2) is 18.2 Å². The number of unbranched alkanes of at least 4 members (excludes halogenated alkanes) is 13. The van der Waals surface area contributed by atoms with Gasteiger partial charge in [0.15, 0.2) is 0 Å². The van der Waals surface area contributed by atoms with Gasteiger partial charge in [0.05, 0.1) is 5.25 Å². The lowest BCUT2D eigenvalue weighted by molar-refractivity contribution is 0.448. The molecule has 0 aliphatic heterocycles. The van der Waals surface area contributed by atoms with E-state index in [-0.39, 0.29) is 0 Å². The van der Waals surface area contributed by atoms with Gasteiger partial charge in [-0.3, -0.25) is 4.55 Å². The van der Waals surface area contributed by atoms with Gasteiger partial charge in [-0.25, -0.2) is 0 Å². The highest BCUT2D eigenvalue weighted by molar-refractivity contribution is 7.86. The van der Waals surface area contributed by atoms with E-state index in [1.807, 2.05) is 6.92 Å². The van der Waals surface area contributed by atoms with Crippen LogP contribution in [-0.2, 0) is 10.1 Å². The van der Waals surface area contributed by atoms with Crippen LogP contribution in [0.15, 0.2) is 0 Å². The molecule has 0 aromatic rings. The second-order valence-corrected chi connectivity index (χ2v) is 9.01. The molecule has 1 unspecified atom stereocenters. The molecule has 0 fully saturated rings. The third kappa shape index (κ3) is 15.4. The van der Waals surface area contributed by atoms with Crippen molar-refractivity contribution in [3.63, 3.8) is 0 Å². The first-order chi connectivity index (χ1) is 11.5. The summed E-state index contributed by atoms with van der Waals surface area (Å²) in [5, 5.41) is -0.542. The summed E-state index contributed by atoms with van der Waals surface area (Å²) in [7, 11) is -3.85. The number of hydrogen-bond donors (Lipinski definition) is 1. The zero-order valence-electron chi connectivity index (χ0n) is 16.3. The van der Waals surface area contributed by atoms with Crippen molar-refractivity contribution in [3.8, 4) is 0 Å². The topological polar surface area (TPSA) is 54.4 Å². The Hall–Kier alpha value is -0.0900. The summed E-state index contributed by atoms with van der Waals surface area (Å²) >= 11 is 0. The fraction of sp³-hybridized carbons (Fsp3) is 1.00. The summed E-state index contributed by atoms with van der Waals surface area (Å²) in [5.74, 6) is 0. The number of hydrogen-bond acceptors (Lipinski definition) is 2. The van der Waals surface area contributed by atoms with Gasteiger partial charge in [0.1, 0.15) is 0 Å². The molecule has 0 amide bonds. The normalized spacial score (nSPS) is 13.3. The standard InChI is InChI=1S/C20H42O3S/c1-3-5-6-7-8-9-10-11-12-13-14-15-16-17-19-20(18-4-2)24(21,22)23/h20H,3-19H2,1-2H3,(H,21,22,23). The molecule has 0 aromatic heterocycles. The highest BCUT2D eigenvalue weighted by Gasteiger charge is 2.20. The maximum atomic E-state index is 11.2. The Kier molecular flexibility index (Phi) is 16.3. The fourth-order valence-electron chi connectivity index (χ4n) is 3.33. The molecule has 1 N–H and O–H groups in total. The second-order valence-electron chi connectivity index (χ2n) is 7.31. The van der Waals surface area contributed by atoms with E-state index in [9.17, 15) is 13.0 Å². The molecule has 4 heteroatoms. The van der Waals surface area contributed by atoms with Crippen molar-refractivity contribution in [2.24, 2.45) is 0 Å². The highest BCUT2D eigenvalue weighted by atomic mass is 32.2. The summed E-state index contributed by atoms with van der Waals surface area (Å²) in [6, 6.07) is 0. The summed E-state index contributed by atoms with van der Waals surface area (Å²) in [5.41, 5.74) is 0. The zero-order chi connectivity index (χ0) is 18.1. The molecule has 0 aliphatic carbocycles. The van der Waals surface area contributed by atoms with Gasteiger partial charge in [0.2, 0.25) is 0 Å². The third-order valence-corrected chi connectivity index (χ3v) is 6.23. The van der Waals surface area contributed by atoms with E-state index in [2.05, 4.69) is 6.92 Å². The fourth-order valence-corrected chi connectivity index (χ4v) is 4.33. The average Bonchev–Trinajstić information content (AvgIpc) is 2.53. The van der Waals surface area contributed by atoms with Crippen molar-refractivity contribution in [2.45, 2.75) is 128 Å². The Morgan fingerprint density at radius 1 is 0.583 bits per heavy atom. The lowest BCUT2D eigenvalue weighted by Crippen LogP contribution is -2.20. The van der Waals surface area contributed by atoms with Gasteiger partial charge >= 0.3 is 0 Å². The molecule has 0 radical (unpaired) electrons. The molecule has 0 heterocycles.